The van der Waals surface area contributed by atoms with E-state index in [0.29, 0.717) is 11.5 Å². The summed E-state index contributed by atoms with van der Waals surface area (Å²) in [6.07, 6.45) is 4.20. The number of non-ortho nitro benzene ring substituents is 1. The van der Waals surface area contributed by atoms with Gasteiger partial charge in [0.1, 0.15) is 10.6 Å². The molecular weight excluding hydrogens is 380 g/mol. The summed E-state index contributed by atoms with van der Waals surface area (Å²) in [5.41, 5.74) is 1.89. The predicted octanol–water partition coefficient (Wildman–Crippen LogP) is 4.40. The van der Waals surface area contributed by atoms with Crippen LogP contribution in [0, 0.1) is 10.1 Å². The molecule has 0 radical (unpaired) electrons. The summed E-state index contributed by atoms with van der Waals surface area (Å²) in [6, 6.07) is 6.09. The van der Waals surface area contributed by atoms with Crippen molar-refractivity contribution in [3.05, 3.63) is 50.6 Å². The highest BCUT2D eigenvalue weighted by atomic mass is 32.1. The summed E-state index contributed by atoms with van der Waals surface area (Å²) < 4.78 is 5.06. The van der Waals surface area contributed by atoms with Crippen LogP contribution in [-0.4, -0.2) is 27.5 Å². The Morgan fingerprint density at radius 1 is 1.25 bits per heavy atom. The summed E-state index contributed by atoms with van der Waals surface area (Å²) >= 11 is 1.59. The molecule has 1 N–H and O–H groups in total. The summed E-state index contributed by atoms with van der Waals surface area (Å²) in [6.45, 7) is 1.97. The zero-order valence-electron chi connectivity index (χ0n) is 15.2. The van der Waals surface area contributed by atoms with Gasteiger partial charge in [0, 0.05) is 22.7 Å². The molecule has 1 aliphatic carbocycles. The fourth-order valence-corrected chi connectivity index (χ4v) is 4.60. The zero-order chi connectivity index (χ0) is 19.7. The molecule has 0 amide bonds. The van der Waals surface area contributed by atoms with Crippen LogP contribution in [0.1, 0.15) is 40.8 Å². The minimum absolute atomic E-state index is 0.0114. The molecule has 8 nitrogen and oxygen atoms in total. The van der Waals surface area contributed by atoms with Gasteiger partial charge in [-0.05, 0) is 50.3 Å². The third-order valence-corrected chi connectivity index (χ3v) is 5.80. The number of aryl methyl sites for hydroxylation is 2. The van der Waals surface area contributed by atoms with E-state index >= 15 is 0 Å². The van der Waals surface area contributed by atoms with Crippen molar-refractivity contribution in [2.45, 2.75) is 32.6 Å². The number of nitrogens with zero attached hydrogens (tertiary/aromatic N) is 3. The lowest BCUT2D eigenvalue weighted by Crippen LogP contribution is -2.11. The molecule has 0 aliphatic heterocycles. The van der Waals surface area contributed by atoms with Gasteiger partial charge in [-0.2, -0.15) is 0 Å². The van der Waals surface area contributed by atoms with Gasteiger partial charge < -0.3 is 10.1 Å². The Hall–Kier alpha value is -3.07. The summed E-state index contributed by atoms with van der Waals surface area (Å²) in [7, 11) is 0. The molecule has 9 heteroatoms. The van der Waals surface area contributed by atoms with E-state index in [0.717, 1.165) is 35.9 Å². The standard InChI is InChI=1S/C19H18N4O4S/c1-2-27-19(24)17-21-16(20-11-7-9-12(10-8-11)23(25)26)15-13-5-3-4-6-14(13)28-18(15)22-17/h7-10H,2-6H2,1H3,(H,20,21,22). The van der Waals surface area contributed by atoms with E-state index in [-0.39, 0.29) is 18.1 Å². The number of rotatable bonds is 5. The smallest absolute Gasteiger partial charge is 0.376 e. The Kier molecular flexibility index (Phi) is 4.91. The minimum atomic E-state index is -0.567. The van der Waals surface area contributed by atoms with Crippen molar-refractivity contribution in [1.82, 2.24) is 9.97 Å². The van der Waals surface area contributed by atoms with Crippen molar-refractivity contribution in [3.8, 4) is 0 Å². The van der Waals surface area contributed by atoms with Gasteiger partial charge in [-0.3, -0.25) is 10.1 Å². The number of nitro groups is 1. The number of nitro benzene ring substituents is 1. The molecule has 0 atom stereocenters. The van der Waals surface area contributed by atoms with Crippen molar-refractivity contribution >= 4 is 44.7 Å². The van der Waals surface area contributed by atoms with Gasteiger partial charge in [-0.15, -0.1) is 11.3 Å². The lowest BCUT2D eigenvalue weighted by Gasteiger charge is -2.13. The molecular formula is C19H18N4O4S. The van der Waals surface area contributed by atoms with Crippen molar-refractivity contribution in [1.29, 1.82) is 0 Å². The minimum Gasteiger partial charge on any atom is -0.460 e. The number of ether oxygens (including phenoxy) is 1. The molecule has 0 unspecified atom stereocenters. The SMILES string of the molecule is CCOC(=O)c1nc(Nc2ccc([N+](=O)[O-])cc2)c2c3c(sc2n1)CCCC3. The summed E-state index contributed by atoms with van der Waals surface area (Å²) in [5.74, 6) is -0.0267. The first kappa shape index (κ1) is 18.3. The van der Waals surface area contributed by atoms with Crippen molar-refractivity contribution < 1.29 is 14.5 Å². The van der Waals surface area contributed by atoms with Crippen LogP contribution in [0.5, 0.6) is 0 Å². The average molecular weight is 398 g/mol. The Morgan fingerprint density at radius 3 is 2.71 bits per heavy atom. The van der Waals surface area contributed by atoms with Crippen LogP contribution in [0.3, 0.4) is 0 Å². The largest absolute Gasteiger partial charge is 0.460 e. The van der Waals surface area contributed by atoms with Crippen LogP contribution < -0.4 is 5.32 Å². The highest BCUT2D eigenvalue weighted by Gasteiger charge is 2.23. The lowest BCUT2D eigenvalue weighted by atomic mass is 9.97. The normalized spacial score (nSPS) is 13.2. The van der Waals surface area contributed by atoms with E-state index in [1.165, 1.54) is 22.6 Å². The molecule has 144 valence electrons. The molecule has 3 aromatic rings. The van der Waals surface area contributed by atoms with Gasteiger partial charge in [-0.1, -0.05) is 0 Å². The molecule has 0 saturated heterocycles. The Labute approximate surface area is 164 Å². The van der Waals surface area contributed by atoms with E-state index < -0.39 is 10.9 Å². The van der Waals surface area contributed by atoms with Crippen molar-refractivity contribution in [3.63, 3.8) is 0 Å². The average Bonchev–Trinajstić information content (AvgIpc) is 3.07. The number of hydrogen-bond acceptors (Lipinski definition) is 8. The number of benzene rings is 1. The Balaban J connectivity index is 1.80. The fraction of sp³-hybridized carbons (Fsp3) is 0.316. The number of nitrogens with one attached hydrogen (secondary N) is 1. The number of carbonyl (C=O) groups excluding carboxylic acids is 1. The highest BCUT2D eigenvalue weighted by molar-refractivity contribution is 7.19. The monoisotopic (exact) mass is 398 g/mol. The van der Waals surface area contributed by atoms with E-state index in [4.69, 9.17) is 4.74 Å². The third-order valence-electron chi connectivity index (χ3n) is 4.61. The first-order valence-electron chi connectivity index (χ1n) is 9.07. The van der Waals surface area contributed by atoms with E-state index in [1.54, 1.807) is 30.4 Å². The molecule has 2 heterocycles. The quantitative estimate of drug-likeness (QED) is 0.385. The maximum absolute atomic E-state index is 12.2. The first-order chi connectivity index (χ1) is 13.6. The van der Waals surface area contributed by atoms with E-state index in [9.17, 15) is 14.9 Å². The Bertz CT molecular complexity index is 1060. The maximum Gasteiger partial charge on any atom is 0.376 e. The topological polar surface area (TPSA) is 107 Å². The summed E-state index contributed by atoms with van der Waals surface area (Å²) in [5, 5.41) is 15.0. The van der Waals surface area contributed by atoms with E-state index in [2.05, 4.69) is 15.3 Å². The Morgan fingerprint density at radius 2 is 2.00 bits per heavy atom. The maximum atomic E-state index is 12.2. The second-order valence-corrected chi connectivity index (χ2v) is 7.52. The van der Waals surface area contributed by atoms with Crippen LogP contribution in [-0.2, 0) is 17.6 Å². The number of aromatic nitrogens is 2. The van der Waals surface area contributed by atoms with Crippen LogP contribution >= 0.6 is 11.3 Å². The number of hydrogen-bond donors (Lipinski definition) is 1. The number of thiophene rings is 1. The first-order valence-corrected chi connectivity index (χ1v) is 9.89. The molecule has 0 bridgehead atoms. The molecule has 1 aromatic carbocycles. The van der Waals surface area contributed by atoms with Crippen molar-refractivity contribution in [2.75, 3.05) is 11.9 Å². The van der Waals surface area contributed by atoms with Crippen LogP contribution in [0.15, 0.2) is 24.3 Å². The number of anilines is 2. The van der Waals surface area contributed by atoms with Gasteiger partial charge >= 0.3 is 5.97 Å². The predicted molar refractivity (Wildman–Crippen MR) is 106 cm³/mol. The van der Waals surface area contributed by atoms with Gasteiger partial charge in [0.2, 0.25) is 5.82 Å². The second-order valence-electron chi connectivity index (χ2n) is 6.44. The fourth-order valence-electron chi connectivity index (χ4n) is 3.34. The van der Waals surface area contributed by atoms with Gasteiger partial charge in [0.05, 0.1) is 16.9 Å². The third kappa shape index (κ3) is 3.40. The number of carbonyl (C=O) groups is 1. The zero-order valence-corrected chi connectivity index (χ0v) is 16.0. The highest BCUT2D eigenvalue weighted by Crippen LogP contribution is 2.39. The molecule has 0 saturated carbocycles. The molecule has 0 fully saturated rings. The molecule has 2 aromatic heterocycles. The van der Waals surface area contributed by atoms with Crippen LogP contribution in [0.2, 0.25) is 0 Å². The lowest BCUT2D eigenvalue weighted by molar-refractivity contribution is -0.384. The molecule has 4 rings (SSSR count). The molecule has 1 aliphatic rings. The number of fused-ring (bicyclic) bond motifs is 3. The summed E-state index contributed by atoms with van der Waals surface area (Å²) in [4.78, 5) is 33.5. The van der Waals surface area contributed by atoms with Crippen LogP contribution in [0.25, 0.3) is 10.2 Å². The molecule has 28 heavy (non-hydrogen) atoms. The van der Waals surface area contributed by atoms with Gasteiger partial charge in [0.15, 0.2) is 0 Å². The molecule has 0 spiro atoms. The van der Waals surface area contributed by atoms with Gasteiger partial charge in [0.25, 0.3) is 5.69 Å². The van der Waals surface area contributed by atoms with Crippen LogP contribution in [0.4, 0.5) is 17.2 Å². The number of esters is 1. The second kappa shape index (κ2) is 7.51. The van der Waals surface area contributed by atoms with Gasteiger partial charge in [-0.25, -0.2) is 14.8 Å². The van der Waals surface area contributed by atoms with Crippen molar-refractivity contribution in [2.24, 2.45) is 0 Å². The van der Waals surface area contributed by atoms with E-state index in [1.807, 2.05) is 0 Å².